The first-order valence-corrected chi connectivity index (χ1v) is 4.29. The SMILES string of the molecule is COCCCN(CCOC)C(=N)N. The maximum absolute atomic E-state index is 7.27. The summed E-state index contributed by atoms with van der Waals surface area (Å²) < 4.78 is 9.81. The third-order valence-electron chi connectivity index (χ3n) is 1.68. The van der Waals surface area contributed by atoms with Crippen molar-refractivity contribution >= 4 is 5.96 Å². The van der Waals surface area contributed by atoms with Crippen molar-refractivity contribution in [3.8, 4) is 0 Å². The Morgan fingerprint density at radius 1 is 1.23 bits per heavy atom. The van der Waals surface area contributed by atoms with Gasteiger partial charge in [-0.1, -0.05) is 0 Å². The molecule has 0 spiro atoms. The second-order valence-electron chi connectivity index (χ2n) is 2.71. The van der Waals surface area contributed by atoms with E-state index in [-0.39, 0.29) is 5.96 Å². The van der Waals surface area contributed by atoms with Crippen LogP contribution in [0.4, 0.5) is 0 Å². The first-order valence-electron chi connectivity index (χ1n) is 4.29. The molecule has 3 N–H and O–H groups in total. The Bertz CT molecular complexity index is 141. The molecule has 0 bridgehead atoms. The lowest BCUT2D eigenvalue weighted by atomic mass is 10.4. The Kier molecular flexibility index (Phi) is 7.33. The van der Waals surface area contributed by atoms with Crippen molar-refractivity contribution in [3.05, 3.63) is 0 Å². The highest BCUT2D eigenvalue weighted by atomic mass is 16.5. The van der Waals surface area contributed by atoms with Gasteiger partial charge in [0, 0.05) is 33.9 Å². The van der Waals surface area contributed by atoms with Gasteiger partial charge < -0.3 is 20.1 Å². The molecule has 0 aliphatic carbocycles. The molecule has 0 aromatic rings. The number of rotatable bonds is 7. The molecule has 0 heterocycles. The van der Waals surface area contributed by atoms with E-state index in [4.69, 9.17) is 20.6 Å². The molecule has 0 atom stereocenters. The summed E-state index contributed by atoms with van der Waals surface area (Å²) in [5.41, 5.74) is 5.37. The average Bonchev–Trinajstić information content (AvgIpc) is 2.10. The first-order chi connectivity index (χ1) is 6.22. The standard InChI is InChI=1S/C8H19N3O2/c1-12-6-3-4-11(8(9)10)5-7-13-2/h3-7H2,1-2H3,(H3,9,10). The summed E-state index contributed by atoms with van der Waals surface area (Å²) >= 11 is 0. The van der Waals surface area contributed by atoms with E-state index in [0.29, 0.717) is 19.8 Å². The molecule has 0 radical (unpaired) electrons. The molecule has 0 aliphatic rings. The number of nitrogens with one attached hydrogen (secondary N) is 1. The molecule has 5 heteroatoms. The number of nitrogens with zero attached hydrogens (tertiary/aromatic N) is 1. The Morgan fingerprint density at radius 2 is 1.85 bits per heavy atom. The van der Waals surface area contributed by atoms with E-state index in [0.717, 1.165) is 13.0 Å². The summed E-state index contributed by atoms with van der Waals surface area (Å²) in [5, 5.41) is 7.27. The van der Waals surface area contributed by atoms with Crippen LogP contribution in [0, 0.1) is 5.41 Å². The fourth-order valence-corrected chi connectivity index (χ4v) is 0.954. The van der Waals surface area contributed by atoms with Crippen molar-refractivity contribution in [1.82, 2.24) is 4.90 Å². The van der Waals surface area contributed by atoms with E-state index >= 15 is 0 Å². The lowest BCUT2D eigenvalue weighted by molar-refractivity contribution is 0.160. The van der Waals surface area contributed by atoms with Crippen LogP contribution in [0.25, 0.3) is 0 Å². The van der Waals surface area contributed by atoms with Crippen LogP contribution >= 0.6 is 0 Å². The third kappa shape index (κ3) is 6.36. The fraction of sp³-hybridized carbons (Fsp3) is 0.875. The van der Waals surface area contributed by atoms with Gasteiger partial charge in [0.15, 0.2) is 5.96 Å². The molecular weight excluding hydrogens is 170 g/mol. The highest BCUT2D eigenvalue weighted by Crippen LogP contribution is 1.91. The van der Waals surface area contributed by atoms with E-state index in [1.807, 2.05) is 0 Å². The lowest BCUT2D eigenvalue weighted by Gasteiger charge is -2.21. The molecule has 78 valence electrons. The van der Waals surface area contributed by atoms with Crippen LogP contribution in [0.2, 0.25) is 0 Å². The summed E-state index contributed by atoms with van der Waals surface area (Å²) in [6, 6.07) is 0. The maximum atomic E-state index is 7.27. The van der Waals surface area contributed by atoms with Crippen molar-refractivity contribution in [2.75, 3.05) is 40.5 Å². The number of hydrogen-bond acceptors (Lipinski definition) is 3. The molecule has 0 unspecified atom stereocenters. The second kappa shape index (κ2) is 7.82. The zero-order valence-corrected chi connectivity index (χ0v) is 8.38. The molecule has 0 amide bonds. The predicted molar refractivity (Wildman–Crippen MR) is 51.9 cm³/mol. The van der Waals surface area contributed by atoms with Gasteiger partial charge in [-0.15, -0.1) is 0 Å². The van der Waals surface area contributed by atoms with Crippen molar-refractivity contribution < 1.29 is 9.47 Å². The van der Waals surface area contributed by atoms with E-state index in [9.17, 15) is 0 Å². The van der Waals surface area contributed by atoms with Crippen molar-refractivity contribution in [2.45, 2.75) is 6.42 Å². The zero-order chi connectivity index (χ0) is 10.1. The lowest BCUT2D eigenvalue weighted by Crippen LogP contribution is -2.39. The van der Waals surface area contributed by atoms with Crippen molar-refractivity contribution in [3.63, 3.8) is 0 Å². The molecule has 0 saturated carbocycles. The topological polar surface area (TPSA) is 71.6 Å². The van der Waals surface area contributed by atoms with Crippen molar-refractivity contribution in [1.29, 1.82) is 5.41 Å². The minimum Gasteiger partial charge on any atom is -0.385 e. The van der Waals surface area contributed by atoms with Crippen LogP contribution in [0.1, 0.15) is 6.42 Å². The average molecular weight is 189 g/mol. The van der Waals surface area contributed by atoms with Crippen LogP contribution < -0.4 is 5.73 Å². The molecule has 0 aromatic heterocycles. The van der Waals surface area contributed by atoms with E-state index in [1.54, 1.807) is 19.1 Å². The number of nitrogens with two attached hydrogens (primary N) is 1. The van der Waals surface area contributed by atoms with Gasteiger partial charge in [0.25, 0.3) is 0 Å². The van der Waals surface area contributed by atoms with E-state index in [1.165, 1.54) is 0 Å². The molecular formula is C8H19N3O2. The van der Waals surface area contributed by atoms with Gasteiger partial charge >= 0.3 is 0 Å². The zero-order valence-electron chi connectivity index (χ0n) is 8.38. The van der Waals surface area contributed by atoms with Crippen LogP contribution in [-0.4, -0.2) is 51.4 Å². The Morgan fingerprint density at radius 3 is 2.31 bits per heavy atom. The molecule has 0 fully saturated rings. The smallest absolute Gasteiger partial charge is 0.188 e. The van der Waals surface area contributed by atoms with Crippen LogP contribution in [0.5, 0.6) is 0 Å². The summed E-state index contributed by atoms with van der Waals surface area (Å²) in [4.78, 5) is 1.77. The van der Waals surface area contributed by atoms with Gasteiger partial charge in [0.05, 0.1) is 6.61 Å². The van der Waals surface area contributed by atoms with Gasteiger partial charge in [-0.3, -0.25) is 5.41 Å². The third-order valence-corrected chi connectivity index (χ3v) is 1.68. The first kappa shape index (κ1) is 12.2. The molecule has 5 nitrogen and oxygen atoms in total. The van der Waals surface area contributed by atoms with E-state index < -0.39 is 0 Å². The van der Waals surface area contributed by atoms with E-state index in [2.05, 4.69) is 0 Å². The van der Waals surface area contributed by atoms with Crippen LogP contribution in [0.3, 0.4) is 0 Å². The van der Waals surface area contributed by atoms with Crippen LogP contribution in [0.15, 0.2) is 0 Å². The highest BCUT2D eigenvalue weighted by Gasteiger charge is 2.04. The minimum absolute atomic E-state index is 0.0909. The fourth-order valence-electron chi connectivity index (χ4n) is 0.954. The van der Waals surface area contributed by atoms with Gasteiger partial charge in [-0.05, 0) is 6.42 Å². The predicted octanol–water partition coefficient (Wildman–Crippen LogP) is -0.135. The molecule has 0 saturated heterocycles. The van der Waals surface area contributed by atoms with Gasteiger partial charge in [-0.2, -0.15) is 0 Å². The summed E-state index contributed by atoms with van der Waals surface area (Å²) in [6.07, 6.45) is 0.875. The largest absolute Gasteiger partial charge is 0.385 e. The number of ether oxygens (including phenoxy) is 2. The molecule has 0 aromatic carbocycles. The number of methoxy groups -OCH3 is 2. The Hall–Kier alpha value is -0.810. The van der Waals surface area contributed by atoms with Gasteiger partial charge in [-0.25, -0.2) is 0 Å². The number of guanidine groups is 1. The second-order valence-corrected chi connectivity index (χ2v) is 2.71. The number of hydrogen-bond donors (Lipinski definition) is 2. The van der Waals surface area contributed by atoms with Gasteiger partial charge in [0.2, 0.25) is 0 Å². The highest BCUT2D eigenvalue weighted by molar-refractivity contribution is 5.74. The van der Waals surface area contributed by atoms with Crippen LogP contribution in [-0.2, 0) is 9.47 Å². The minimum atomic E-state index is 0.0909. The summed E-state index contributed by atoms with van der Waals surface area (Å²) in [6.45, 7) is 2.69. The normalized spacial score (nSPS) is 10.0. The quantitative estimate of drug-likeness (QED) is 0.332. The monoisotopic (exact) mass is 189 g/mol. The molecule has 0 rings (SSSR count). The summed E-state index contributed by atoms with van der Waals surface area (Å²) in [5.74, 6) is 0.0909. The maximum Gasteiger partial charge on any atom is 0.188 e. The Balaban J connectivity index is 3.61. The van der Waals surface area contributed by atoms with Gasteiger partial charge in [0.1, 0.15) is 0 Å². The van der Waals surface area contributed by atoms with Crippen molar-refractivity contribution in [2.24, 2.45) is 5.73 Å². The molecule has 13 heavy (non-hydrogen) atoms. The summed E-state index contributed by atoms with van der Waals surface area (Å²) in [7, 11) is 3.29. The molecule has 0 aliphatic heterocycles. The Labute approximate surface area is 79.3 Å².